The Bertz CT molecular complexity index is 1320. The largest absolute Gasteiger partial charge is 0.456 e. The van der Waals surface area contributed by atoms with E-state index in [9.17, 15) is 9.59 Å². The highest BCUT2D eigenvalue weighted by Crippen LogP contribution is 2.39. The van der Waals surface area contributed by atoms with Gasteiger partial charge < -0.3 is 9.73 Å². The Hall–Kier alpha value is -3.38. The third-order valence-electron chi connectivity index (χ3n) is 5.15. The summed E-state index contributed by atoms with van der Waals surface area (Å²) >= 11 is 6.04. The van der Waals surface area contributed by atoms with Crippen molar-refractivity contribution in [2.24, 2.45) is 0 Å². The molecule has 4 aromatic rings. The van der Waals surface area contributed by atoms with Crippen molar-refractivity contribution in [1.29, 1.82) is 0 Å². The summed E-state index contributed by atoms with van der Waals surface area (Å²) in [5, 5.41) is 10.9. The van der Waals surface area contributed by atoms with Crippen molar-refractivity contribution in [3.05, 3.63) is 81.1 Å². The Balaban J connectivity index is 1.36. The highest BCUT2D eigenvalue weighted by Gasteiger charge is 2.25. The van der Waals surface area contributed by atoms with Crippen LogP contribution in [0.3, 0.4) is 0 Å². The number of halogens is 1. The minimum absolute atomic E-state index is 0.136. The molecule has 2 aromatic heterocycles. The predicted octanol–water partition coefficient (Wildman–Crippen LogP) is 4.90. The van der Waals surface area contributed by atoms with Gasteiger partial charge in [-0.1, -0.05) is 29.8 Å². The van der Waals surface area contributed by atoms with Gasteiger partial charge in [0.15, 0.2) is 11.2 Å². The van der Waals surface area contributed by atoms with Crippen molar-refractivity contribution in [2.45, 2.75) is 25.2 Å². The molecule has 0 unspecified atom stereocenters. The molecule has 1 aliphatic rings. The second-order valence-electron chi connectivity index (χ2n) is 7.52. The van der Waals surface area contributed by atoms with Crippen LogP contribution in [0, 0.1) is 0 Å². The molecule has 1 fully saturated rings. The van der Waals surface area contributed by atoms with Crippen LogP contribution < -0.4 is 10.7 Å². The van der Waals surface area contributed by atoms with Crippen LogP contribution in [-0.4, -0.2) is 16.1 Å². The number of carbonyl (C=O) groups is 1. The Kier molecular flexibility index (Phi) is 4.64. The first-order valence-electron chi connectivity index (χ1n) is 9.73. The first-order chi connectivity index (χ1) is 14.5. The molecule has 150 valence electrons. The van der Waals surface area contributed by atoms with Gasteiger partial charge >= 0.3 is 0 Å². The molecular formula is C23H18ClN3O3. The summed E-state index contributed by atoms with van der Waals surface area (Å²) in [4.78, 5) is 25.0. The van der Waals surface area contributed by atoms with E-state index in [4.69, 9.17) is 16.0 Å². The van der Waals surface area contributed by atoms with Gasteiger partial charge in [0.05, 0.1) is 11.8 Å². The molecule has 6 nitrogen and oxygen atoms in total. The van der Waals surface area contributed by atoms with E-state index < -0.39 is 0 Å². The Morgan fingerprint density at radius 1 is 1.17 bits per heavy atom. The molecule has 1 saturated carbocycles. The van der Waals surface area contributed by atoms with E-state index >= 15 is 0 Å². The molecule has 2 heterocycles. The third-order valence-corrected chi connectivity index (χ3v) is 5.38. The van der Waals surface area contributed by atoms with Crippen molar-refractivity contribution < 1.29 is 9.21 Å². The van der Waals surface area contributed by atoms with Crippen LogP contribution in [0.25, 0.3) is 22.3 Å². The minimum Gasteiger partial charge on any atom is -0.456 e. The summed E-state index contributed by atoms with van der Waals surface area (Å²) in [6.45, 7) is 0. The number of carbonyl (C=O) groups excluding carboxylic acids is 1. The number of hydrogen-bond acceptors (Lipinski definition) is 4. The number of nitrogens with zero attached hydrogens (tertiary/aromatic N) is 1. The highest BCUT2D eigenvalue weighted by molar-refractivity contribution is 6.30. The molecule has 0 aliphatic heterocycles. The maximum absolute atomic E-state index is 12.7. The number of anilines is 1. The fourth-order valence-electron chi connectivity index (χ4n) is 3.47. The van der Waals surface area contributed by atoms with Crippen LogP contribution in [0.5, 0.6) is 0 Å². The van der Waals surface area contributed by atoms with Crippen LogP contribution in [0.4, 0.5) is 5.82 Å². The topological polar surface area (TPSA) is 88.0 Å². The average molecular weight is 420 g/mol. The van der Waals surface area contributed by atoms with Gasteiger partial charge in [-0.25, -0.2) is 0 Å². The summed E-state index contributed by atoms with van der Waals surface area (Å²) in [6, 6.07) is 15.7. The summed E-state index contributed by atoms with van der Waals surface area (Å²) in [6.07, 6.45) is 2.46. The molecule has 0 spiro atoms. The van der Waals surface area contributed by atoms with Crippen LogP contribution in [0.15, 0.2) is 63.8 Å². The zero-order chi connectivity index (χ0) is 20.7. The van der Waals surface area contributed by atoms with Crippen molar-refractivity contribution in [3.63, 3.8) is 0 Å². The number of nitrogens with one attached hydrogen (secondary N) is 2. The fourth-order valence-corrected chi connectivity index (χ4v) is 3.66. The molecule has 0 atom stereocenters. The molecule has 30 heavy (non-hydrogen) atoms. The van der Waals surface area contributed by atoms with Gasteiger partial charge in [-0.3, -0.25) is 14.7 Å². The van der Waals surface area contributed by atoms with E-state index in [2.05, 4.69) is 15.5 Å². The van der Waals surface area contributed by atoms with Crippen LogP contribution in [0.1, 0.15) is 30.0 Å². The Labute approximate surface area is 176 Å². The molecule has 2 N–H and O–H groups in total. The van der Waals surface area contributed by atoms with E-state index in [1.807, 2.05) is 12.1 Å². The lowest BCUT2D eigenvalue weighted by atomic mass is 10.1. The predicted molar refractivity (Wildman–Crippen MR) is 116 cm³/mol. The van der Waals surface area contributed by atoms with Gasteiger partial charge in [-0.05, 0) is 42.7 Å². The van der Waals surface area contributed by atoms with E-state index in [1.54, 1.807) is 36.4 Å². The van der Waals surface area contributed by atoms with Crippen molar-refractivity contribution in [2.75, 3.05) is 5.32 Å². The first kappa shape index (κ1) is 18.6. The molecule has 7 heteroatoms. The van der Waals surface area contributed by atoms with E-state index in [1.165, 1.54) is 6.07 Å². The smallest absolute Gasteiger partial charge is 0.229 e. The number of aromatic nitrogens is 2. The molecule has 1 aliphatic carbocycles. The molecule has 2 aromatic carbocycles. The summed E-state index contributed by atoms with van der Waals surface area (Å²) < 4.78 is 5.90. The lowest BCUT2D eigenvalue weighted by molar-refractivity contribution is -0.115. The number of amides is 1. The van der Waals surface area contributed by atoms with Crippen LogP contribution in [-0.2, 0) is 11.2 Å². The molecule has 5 rings (SSSR count). The normalized spacial score (nSPS) is 13.5. The number of hydrogen-bond donors (Lipinski definition) is 2. The number of fused-ring (bicyclic) bond motifs is 1. The monoisotopic (exact) mass is 419 g/mol. The number of H-pyrrole nitrogens is 1. The van der Waals surface area contributed by atoms with Crippen LogP contribution in [0.2, 0.25) is 5.02 Å². The maximum atomic E-state index is 12.7. The molecule has 0 saturated heterocycles. The highest BCUT2D eigenvalue weighted by atomic mass is 35.5. The van der Waals surface area contributed by atoms with Gasteiger partial charge in [0.2, 0.25) is 5.91 Å². The molecular weight excluding hydrogens is 402 g/mol. The first-order valence-corrected chi connectivity index (χ1v) is 10.1. The van der Waals surface area contributed by atoms with Gasteiger partial charge in [0.25, 0.3) is 0 Å². The standard InChI is InChI=1S/C23H18ClN3O3/c24-16-3-1-2-15(10-16)21-12-19(28)17-8-13(4-7-20(17)30-21)9-23(29)25-22-11-18(26-27-22)14-5-6-14/h1-4,7-8,10-12,14H,5-6,9H2,(H2,25,26,27,29). The third kappa shape index (κ3) is 3.86. The van der Waals surface area contributed by atoms with E-state index in [-0.39, 0.29) is 17.8 Å². The lowest BCUT2D eigenvalue weighted by Gasteiger charge is -2.06. The quantitative estimate of drug-likeness (QED) is 0.481. The summed E-state index contributed by atoms with van der Waals surface area (Å²) in [5.41, 5.74) is 2.80. The minimum atomic E-state index is -0.192. The maximum Gasteiger partial charge on any atom is 0.229 e. The Morgan fingerprint density at radius 2 is 2.03 bits per heavy atom. The fraction of sp³-hybridized carbons (Fsp3) is 0.174. The second-order valence-corrected chi connectivity index (χ2v) is 7.96. The SMILES string of the molecule is O=C(Cc1ccc2oc(-c3cccc(Cl)c3)cc(=O)c2c1)Nc1cc(C2CC2)[nH]n1. The summed E-state index contributed by atoms with van der Waals surface area (Å²) in [5.74, 6) is 1.32. The zero-order valence-electron chi connectivity index (χ0n) is 15.9. The lowest BCUT2D eigenvalue weighted by Crippen LogP contribution is -2.15. The van der Waals surface area contributed by atoms with E-state index in [0.717, 1.165) is 29.7 Å². The van der Waals surface area contributed by atoms with Crippen molar-refractivity contribution >= 4 is 34.3 Å². The summed E-state index contributed by atoms with van der Waals surface area (Å²) in [7, 11) is 0. The average Bonchev–Trinajstić information content (AvgIpc) is 3.48. The number of aromatic amines is 1. The number of rotatable bonds is 5. The van der Waals surface area contributed by atoms with Gasteiger partial charge in [0.1, 0.15) is 11.3 Å². The van der Waals surface area contributed by atoms with Gasteiger partial charge in [-0.2, -0.15) is 5.10 Å². The van der Waals surface area contributed by atoms with E-state index in [0.29, 0.717) is 33.5 Å². The second kappa shape index (κ2) is 7.46. The Morgan fingerprint density at radius 3 is 2.83 bits per heavy atom. The zero-order valence-corrected chi connectivity index (χ0v) is 16.7. The molecule has 1 amide bonds. The van der Waals surface area contributed by atoms with Gasteiger partial charge in [-0.15, -0.1) is 0 Å². The van der Waals surface area contributed by atoms with Crippen molar-refractivity contribution in [3.8, 4) is 11.3 Å². The van der Waals surface area contributed by atoms with Crippen molar-refractivity contribution in [1.82, 2.24) is 10.2 Å². The van der Waals surface area contributed by atoms with Crippen LogP contribution >= 0.6 is 11.6 Å². The van der Waals surface area contributed by atoms with Gasteiger partial charge in [0, 0.05) is 34.3 Å². The molecule has 0 radical (unpaired) electrons. The molecule has 0 bridgehead atoms. The number of benzene rings is 2.